The number of rotatable bonds is 4. The third-order valence-corrected chi connectivity index (χ3v) is 4.70. The van der Waals surface area contributed by atoms with Gasteiger partial charge in [-0.15, -0.1) is 0 Å². The normalized spacial score (nSPS) is 28.6. The van der Waals surface area contributed by atoms with E-state index < -0.39 is 11.4 Å². The number of carboxylic acids is 1. The molecule has 1 saturated heterocycles. The van der Waals surface area contributed by atoms with Crippen molar-refractivity contribution in [3.63, 3.8) is 0 Å². The lowest BCUT2D eigenvalue weighted by Crippen LogP contribution is -2.56. The van der Waals surface area contributed by atoms with Crippen LogP contribution in [0.25, 0.3) is 0 Å². The van der Waals surface area contributed by atoms with Gasteiger partial charge in [-0.25, -0.2) is 4.79 Å². The standard InChI is InChI=1S/C15H26N2O4/c1-14(6-5-9-21-11-14)17-13(20)16-10-15(12(18)19)7-3-2-4-8-15/h2-11H2,1H3,(H,18,19)(H2,16,17,20). The second-order valence-electron chi connectivity index (χ2n) is 6.67. The van der Waals surface area contributed by atoms with Gasteiger partial charge in [0, 0.05) is 13.2 Å². The van der Waals surface area contributed by atoms with Crippen LogP contribution >= 0.6 is 0 Å². The van der Waals surface area contributed by atoms with Crippen molar-refractivity contribution in [3.05, 3.63) is 0 Å². The zero-order valence-corrected chi connectivity index (χ0v) is 12.7. The summed E-state index contributed by atoms with van der Waals surface area (Å²) in [5.74, 6) is -0.797. The van der Waals surface area contributed by atoms with Crippen molar-refractivity contribution in [3.8, 4) is 0 Å². The maximum Gasteiger partial charge on any atom is 0.315 e. The topological polar surface area (TPSA) is 87.7 Å². The fourth-order valence-electron chi connectivity index (χ4n) is 3.30. The number of hydrogen-bond acceptors (Lipinski definition) is 3. The molecule has 1 aliphatic carbocycles. The Bertz CT molecular complexity index is 385. The van der Waals surface area contributed by atoms with Crippen LogP contribution in [0.3, 0.4) is 0 Å². The first-order valence-electron chi connectivity index (χ1n) is 7.83. The van der Waals surface area contributed by atoms with Gasteiger partial charge < -0.3 is 20.5 Å². The first-order valence-corrected chi connectivity index (χ1v) is 7.83. The van der Waals surface area contributed by atoms with Gasteiger partial charge in [0.25, 0.3) is 0 Å². The van der Waals surface area contributed by atoms with E-state index in [1.165, 1.54) is 0 Å². The summed E-state index contributed by atoms with van der Waals surface area (Å²) in [6, 6.07) is -0.297. The third-order valence-electron chi connectivity index (χ3n) is 4.70. The third kappa shape index (κ3) is 4.09. The van der Waals surface area contributed by atoms with Crippen LogP contribution in [0.1, 0.15) is 51.9 Å². The monoisotopic (exact) mass is 298 g/mol. The van der Waals surface area contributed by atoms with Gasteiger partial charge in [0.05, 0.1) is 17.6 Å². The van der Waals surface area contributed by atoms with Gasteiger partial charge in [0.1, 0.15) is 0 Å². The number of nitrogens with one attached hydrogen (secondary N) is 2. The molecule has 1 unspecified atom stereocenters. The fraction of sp³-hybridized carbons (Fsp3) is 0.867. The van der Waals surface area contributed by atoms with Crippen LogP contribution in [-0.4, -0.2) is 42.4 Å². The van der Waals surface area contributed by atoms with Crippen molar-refractivity contribution in [1.82, 2.24) is 10.6 Å². The van der Waals surface area contributed by atoms with E-state index in [4.69, 9.17) is 4.74 Å². The van der Waals surface area contributed by atoms with E-state index in [1.54, 1.807) is 0 Å². The molecule has 0 aromatic rings. The minimum absolute atomic E-state index is 0.200. The van der Waals surface area contributed by atoms with Crippen molar-refractivity contribution < 1.29 is 19.4 Å². The van der Waals surface area contributed by atoms with Crippen LogP contribution < -0.4 is 10.6 Å². The molecular formula is C15H26N2O4. The molecule has 2 amide bonds. The lowest BCUT2D eigenvalue weighted by molar-refractivity contribution is -0.150. The van der Waals surface area contributed by atoms with Crippen molar-refractivity contribution >= 4 is 12.0 Å². The Morgan fingerprint density at radius 3 is 2.43 bits per heavy atom. The Balaban J connectivity index is 1.85. The van der Waals surface area contributed by atoms with Crippen molar-refractivity contribution in [1.29, 1.82) is 0 Å². The van der Waals surface area contributed by atoms with E-state index in [0.29, 0.717) is 19.4 Å². The summed E-state index contributed by atoms with van der Waals surface area (Å²) >= 11 is 0. The highest BCUT2D eigenvalue weighted by Gasteiger charge is 2.40. The summed E-state index contributed by atoms with van der Waals surface area (Å²) in [7, 11) is 0. The van der Waals surface area contributed by atoms with E-state index in [1.807, 2.05) is 6.92 Å². The Labute approximate surface area is 125 Å². The summed E-state index contributed by atoms with van der Waals surface area (Å²) < 4.78 is 5.40. The molecule has 21 heavy (non-hydrogen) atoms. The number of urea groups is 1. The molecule has 120 valence electrons. The maximum absolute atomic E-state index is 12.1. The highest BCUT2D eigenvalue weighted by Crippen LogP contribution is 2.36. The van der Waals surface area contributed by atoms with E-state index >= 15 is 0 Å². The minimum Gasteiger partial charge on any atom is -0.481 e. The van der Waals surface area contributed by atoms with Crippen LogP contribution in [0.4, 0.5) is 4.79 Å². The summed E-state index contributed by atoms with van der Waals surface area (Å²) in [4.78, 5) is 23.6. The van der Waals surface area contributed by atoms with Crippen LogP contribution in [0, 0.1) is 5.41 Å². The Morgan fingerprint density at radius 2 is 1.86 bits per heavy atom. The van der Waals surface area contributed by atoms with Crippen molar-refractivity contribution in [2.24, 2.45) is 5.41 Å². The van der Waals surface area contributed by atoms with Gasteiger partial charge in [-0.3, -0.25) is 4.79 Å². The number of hydrogen-bond donors (Lipinski definition) is 3. The number of ether oxygens (including phenoxy) is 1. The predicted octanol–water partition coefficient (Wildman–Crippen LogP) is 1.89. The van der Waals surface area contributed by atoms with Gasteiger partial charge in [-0.1, -0.05) is 19.3 Å². The molecule has 1 saturated carbocycles. The van der Waals surface area contributed by atoms with E-state index in [2.05, 4.69) is 10.6 Å². The van der Waals surface area contributed by atoms with E-state index in [9.17, 15) is 14.7 Å². The lowest BCUT2D eigenvalue weighted by atomic mass is 9.74. The van der Waals surface area contributed by atoms with Gasteiger partial charge >= 0.3 is 12.0 Å². The SMILES string of the molecule is CC1(NC(=O)NCC2(C(=O)O)CCCCC2)CCCOC1. The number of amides is 2. The summed E-state index contributed by atoms with van der Waals surface area (Å²) in [6.07, 6.45) is 6.01. The molecule has 0 aromatic carbocycles. The van der Waals surface area contributed by atoms with Crippen LogP contribution in [0.2, 0.25) is 0 Å². The molecule has 0 bridgehead atoms. The van der Waals surface area contributed by atoms with Crippen LogP contribution in [0.15, 0.2) is 0 Å². The van der Waals surface area contributed by atoms with Crippen LogP contribution in [-0.2, 0) is 9.53 Å². The molecular weight excluding hydrogens is 272 g/mol. The molecule has 1 aliphatic heterocycles. The second kappa shape index (κ2) is 6.64. The molecule has 6 nitrogen and oxygen atoms in total. The Kier molecular flexibility index (Phi) is 5.08. The molecule has 1 heterocycles. The first-order chi connectivity index (χ1) is 9.96. The summed E-state index contributed by atoms with van der Waals surface area (Å²) in [5, 5.41) is 15.2. The predicted molar refractivity (Wildman–Crippen MR) is 78.1 cm³/mol. The zero-order valence-electron chi connectivity index (χ0n) is 12.7. The molecule has 2 aliphatic rings. The first kappa shape index (κ1) is 16.1. The quantitative estimate of drug-likeness (QED) is 0.739. The highest BCUT2D eigenvalue weighted by molar-refractivity contribution is 5.78. The maximum atomic E-state index is 12.1. The Morgan fingerprint density at radius 1 is 1.14 bits per heavy atom. The molecule has 0 radical (unpaired) electrons. The van der Waals surface area contributed by atoms with E-state index in [0.717, 1.165) is 38.7 Å². The molecule has 0 aromatic heterocycles. The fourth-order valence-corrected chi connectivity index (χ4v) is 3.30. The van der Waals surface area contributed by atoms with Crippen molar-refractivity contribution in [2.75, 3.05) is 19.8 Å². The van der Waals surface area contributed by atoms with Gasteiger partial charge in [0.2, 0.25) is 0 Å². The molecule has 0 spiro atoms. The van der Waals surface area contributed by atoms with Gasteiger partial charge in [-0.2, -0.15) is 0 Å². The minimum atomic E-state index is -0.797. The molecule has 2 fully saturated rings. The average Bonchev–Trinajstić information content (AvgIpc) is 2.46. The lowest BCUT2D eigenvalue weighted by Gasteiger charge is -2.36. The smallest absolute Gasteiger partial charge is 0.315 e. The van der Waals surface area contributed by atoms with Crippen molar-refractivity contribution in [2.45, 2.75) is 57.4 Å². The second-order valence-corrected chi connectivity index (χ2v) is 6.67. The number of carbonyl (C=O) groups excluding carboxylic acids is 1. The number of carbonyl (C=O) groups is 2. The van der Waals surface area contributed by atoms with E-state index in [-0.39, 0.29) is 18.1 Å². The number of carboxylic acid groups (broad SMARTS) is 1. The number of aliphatic carboxylic acids is 1. The largest absolute Gasteiger partial charge is 0.481 e. The van der Waals surface area contributed by atoms with Gasteiger partial charge in [0.15, 0.2) is 0 Å². The summed E-state index contributed by atoms with van der Waals surface area (Å²) in [6.45, 7) is 3.40. The highest BCUT2D eigenvalue weighted by atomic mass is 16.5. The molecule has 2 rings (SSSR count). The zero-order chi connectivity index (χ0) is 15.3. The Hall–Kier alpha value is -1.30. The average molecular weight is 298 g/mol. The summed E-state index contributed by atoms with van der Waals surface area (Å²) in [5.41, 5.74) is -1.15. The molecule has 6 heteroatoms. The molecule has 3 N–H and O–H groups in total. The van der Waals surface area contributed by atoms with Crippen LogP contribution in [0.5, 0.6) is 0 Å². The van der Waals surface area contributed by atoms with Gasteiger partial charge in [-0.05, 0) is 32.6 Å². The molecule has 1 atom stereocenters.